The zero-order valence-electron chi connectivity index (χ0n) is 10.0. The quantitative estimate of drug-likeness (QED) is 0.499. The first-order chi connectivity index (χ1) is 8.74. The average Bonchev–Trinajstić information content (AvgIpc) is 2.47. The molecule has 2 rings (SSSR count). The lowest BCUT2D eigenvalue weighted by Gasteiger charge is -2.30. The van der Waals surface area contributed by atoms with Crippen LogP contribution in [0.1, 0.15) is 23.3 Å². The maximum absolute atomic E-state index is 12.1. The fourth-order valence-electron chi connectivity index (χ4n) is 1.99. The predicted octanol–water partition coefficient (Wildman–Crippen LogP) is -0.393. The van der Waals surface area contributed by atoms with Crippen molar-refractivity contribution in [1.29, 1.82) is 0 Å². The fraction of sp³-hybridized carbons (Fsp3) is 0.545. The van der Waals surface area contributed by atoms with E-state index in [9.17, 15) is 4.79 Å². The Morgan fingerprint density at radius 3 is 2.67 bits per heavy atom. The molecule has 4 N–H and O–H groups in total. The molecule has 0 saturated carbocycles. The summed E-state index contributed by atoms with van der Waals surface area (Å²) in [6.45, 7) is 1.50. The molecule has 0 radical (unpaired) electrons. The molecule has 0 spiro atoms. The van der Waals surface area contributed by atoms with Gasteiger partial charge in [0.05, 0.1) is 12.4 Å². The Morgan fingerprint density at radius 1 is 1.44 bits per heavy atom. The Bertz CT molecular complexity index is 400. The lowest BCUT2D eigenvalue weighted by molar-refractivity contribution is 0.0644. The van der Waals surface area contributed by atoms with E-state index < -0.39 is 0 Å². The molecule has 1 aromatic heterocycles. The van der Waals surface area contributed by atoms with Crippen molar-refractivity contribution < 1.29 is 9.90 Å². The number of amides is 1. The van der Waals surface area contributed by atoms with E-state index in [1.54, 1.807) is 4.90 Å². The molecule has 2 heterocycles. The number of anilines is 1. The normalized spacial score (nSPS) is 16.7. The summed E-state index contributed by atoms with van der Waals surface area (Å²) >= 11 is 0. The number of aromatic nitrogens is 2. The summed E-state index contributed by atoms with van der Waals surface area (Å²) in [7, 11) is 0. The Balaban J connectivity index is 1.98. The van der Waals surface area contributed by atoms with Crippen LogP contribution in [-0.4, -0.2) is 45.6 Å². The lowest BCUT2D eigenvalue weighted by atomic mass is 9.98. The van der Waals surface area contributed by atoms with E-state index in [1.807, 2.05) is 0 Å². The summed E-state index contributed by atoms with van der Waals surface area (Å²) in [6, 6.07) is 0. The van der Waals surface area contributed by atoms with Crippen LogP contribution >= 0.6 is 0 Å². The van der Waals surface area contributed by atoms with Gasteiger partial charge in [-0.25, -0.2) is 15.8 Å². The van der Waals surface area contributed by atoms with Crippen LogP contribution in [-0.2, 0) is 0 Å². The van der Waals surface area contributed by atoms with E-state index in [0.29, 0.717) is 30.5 Å². The average molecular weight is 251 g/mol. The molecule has 1 amide bonds. The highest BCUT2D eigenvalue weighted by Gasteiger charge is 2.23. The molecule has 0 atom stereocenters. The Morgan fingerprint density at radius 2 is 2.17 bits per heavy atom. The van der Waals surface area contributed by atoms with Gasteiger partial charge < -0.3 is 15.4 Å². The van der Waals surface area contributed by atoms with Crippen molar-refractivity contribution in [3.63, 3.8) is 0 Å². The predicted molar refractivity (Wildman–Crippen MR) is 65.6 cm³/mol. The molecule has 1 aliphatic rings. The summed E-state index contributed by atoms with van der Waals surface area (Å²) in [5.41, 5.74) is 2.68. The molecular weight excluding hydrogens is 234 g/mol. The SMILES string of the molecule is NNc1cnc(C(=O)N2CCC(CO)CC2)cn1. The summed E-state index contributed by atoms with van der Waals surface area (Å²) in [6.07, 6.45) is 4.50. The second-order valence-electron chi connectivity index (χ2n) is 4.35. The first-order valence-corrected chi connectivity index (χ1v) is 5.93. The first-order valence-electron chi connectivity index (χ1n) is 5.93. The van der Waals surface area contributed by atoms with Gasteiger partial charge in [0.1, 0.15) is 5.69 Å². The summed E-state index contributed by atoms with van der Waals surface area (Å²) < 4.78 is 0. The third-order valence-corrected chi connectivity index (χ3v) is 3.18. The highest BCUT2D eigenvalue weighted by Crippen LogP contribution is 2.17. The maximum Gasteiger partial charge on any atom is 0.274 e. The van der Waals surface area contributed by atoms with E-state index in [0.717, 1.165) is 12.8 Å². The van der Waals surface area contributed by atoms with Crippen LogP contribution in [0.15, 0.2) is 12.4 Å². The number of aliphatic hydroxyl groups is 1. The molecule has 1 fully saturated rings. The molecule has 0 aromatic carbocycles. The second kappa shape index (κ2) is 5.74. The topological polar surface area (TPSA) is 104 Å². The first kappa shape index (κ1) is 12.7. The minimum atomic E-state index is -0.123. The summed E-state index contributed by atoms with van der Waals surface area (Å²) in [5.74, 6) is 5.79. The van der Waals surface area contributed by atoms with Crippen molar-refractivity contribution >= 4 is 11.7 Å². The second-order valence-corrected chi connectivity index (χ2v) is 4.35. The van der Waals surface area contributed by atoms with Crippen molar-refractivity contribution in [1.82, 2.24) is 14.9 Å². The number of nitrogen functional groups attached to an aromatic ring is 1. The van der Waals surface area contributed by atoms with E-state index >= 15 is 0 Å². The molecular formula is C11H17N5O2. The van der Waals surface area contributed by atoms with Crippen LogP contribution in [0.4, 0.5) is 5.82 Å². The number of rotatable bonds is 3. The molecule has 0 bridgehead atoms. The third kappa shape index (κ3) is 2.74. The molecule has 1 aliphatic heterocycles. The van der Waals surface area contributed by atoms with Crippen LogP contribution in [0.5, 0.6) is 0 Å². The van der Waals surface area contributed by atoms with Gasteiger partial charge in [-0.3, -0.25) is 4.79 Å². The van der Waals surface area contributed by atoms with Crippen LogP contribution < -0.4 is 11.3 Å². The highest BCUT2D eigenvalue weighted by molar-refractivity contribution is 5.92. The highest BCUT2D eigenvalue weighted by atomic mass is 16.3. The molecule has 0 unspecified atom stereocenters. The number of carbonyl (C=O) groups excluding carboxylic acids is 1. The molecule has 0 aliphatic carbocycles. The number of aliphatic hydroxyl groups excluding tert-OH is 1. The number of nitrogens with two attached hydrogens (primary N) is 1. The van der Waals surface area contributed by atoms with E-state index in [1.165, 1.54) is 12.4 Å². The molecule has 7 heteroatoms. The van der Waals surface area contributed by atoms with E-state index in [-0.39, 0.29) is 12.5 Å². The van der Waals surface area contributed by atoms with Gasteiger partial charge >= 0.3 is 0 Å². The Hall–Kier alpha value is -1.73. The summed E-state index contributed by atoms with van der Waals surface area (Å²) in [5, 5.41) is 9.05. The van der Waals surface area contributed by atoms with Gasteiger partial charge in [-0.15, -0.1) is 0 Å². The van der Waals surface area contributed by atoms with Crippen molar-refractivity contribution in [2.24, 2.45) is 11.8 Å². The standard InChI is InChI=1S/C11H17N5O2/c12-15-10-6-13-9(5-14-10)11(18)16-3-1-8(7-17)2-4-16/h5-6,8,17H,1-4,7,12H2,(H,14,15). The number of likely N-dealkylation sites (tertiary alicyclic amines) is 1. The van der Waals surface area contributed by atoms with Crippen molar-refractivity contribution in [3.05, 3.63) is 18.1 Å². The van der Waals surface area contributed by atoms with Crippen LogP contribution in [0.25, 0.3) is 0 Å². The molecule has 1 saturated heterocycles. The Labute approximate surface area is 105 Å². The zero-order chi connectivity index (χ0) is 13.0. The molecule has 98 valence electrons. The molecule has 18 heavy (non-hydrogen) atoms. The van der Waals surface area contributed by atoms with Gasteiger partial charge in [0.2, 0.25) is 0 Å². The van der Waals surface area contributed by atoms with Crippen LogP contribution in [0.3, 0.4) is 0 Å². The number of hydrazine groups is 1. The van der Waals surface area contributed by atoms with Crippen LogP contribution in [0.2, 0.25) is 0 Å². The number of carbonyl (C=O) groups is 1. The van der Waals surface area contributed by atoms with Gasteiger partial charge in [0.25, 0.3) is 5.91 Å². The van der Waals surface area contributed by atoms with Crippen molar-refractivity contribution in [2.75, 3.05) is 25.1 Å². The lowest BCUT2D eigenvalue weighted by Crippen LogP contribution is -2.39. The third-order valence-electron chi connectivity index (χ3n) is 3.18. The summed E-state index contributed by atoms with van der Waals surface area (Å²) in [4.78, 5) is 21.8. The number of hydrogen-bond acceptors (Lipinski definition) is 6. The smallest absolute Gasteiger partial charge is 0.274 e. The van der Waals surface area contributed by atoms with Gasteiger partial charge in [0.15, 0.2) is 5.82 Å². The monoisotopic (exact) mass is 251 g/mol. The minimum Gasteiger partial charge on any atom is -0.396 e. The van der Waals surface area contributed by atoms with Crippen molar-refractivity contribution in [3.8, 4) is 0 Å². The van der Waals surface area contributed by atoms with Crippen molar-refractivity contribution in [2.45, 2.75) is 12.8 Å². The Kier molecular flexibility index (Phi) is 4.06. The van der Waals surface area contributed by atoms with Crippen LogP contribution in [0, 0.1) is 5.92 Å². The fourth-order valence-corrected chi connectivity index (χ4v) is 1.99. The minimum absolute atomic E-state index is 0.123. The van der Waals surface area contributed by atoms with Gasteiger partial charge in [0, 0.05) is 19.7 Å². The number of nitrogens with one attached hydrogen (secondary N) is 1. The number of nitrogens with zero attached hydrogens (tertiary/aromatic N) is 3. The molecule has 1 aromatic rings. The maximum atomic E-state index is 12.1. The van der Waals surface area contributed by atoms with E-state index in [4.69, 9.17) is 10.9 Å². The van der Waals surface area contributed by atoms with Gasteiger partial charge in [-0.05, 0) is 18.8 Å². The van der Waals surface area contributed by atoms with Gasteiger partial charge in [-0.1, -0.05) is 0 Å². The van der Waals surface area contributed by atoms with E-state index in [2.05, 4.69) is 15.4 Å². The largest absolute Gasteiger partial charge is 0.396 e. The zero-order valence-corrected chi connectivity index (χ0v) is 10.0. The number of piperidine rings is 1. The number of hydrogen-bond donors (Lipinski definition) is 3. The molecule has 7 nitrogen and oxygen atoms in total. The van der Waals surface area contributed by atoms with Gasteiger partial charge in [-0.2, -0.15) is 0 Å².